The molecule has 1 fully saturated rings. The fourth-order valence-electron chi connectivity index (χ4n) is 2.02. The summed E-state index contributed by atoms with van der Waals surface area (Å²) in [4.78, 5) is 24.3. The number of aromatic nitrogens is 1. The van der Waals surface area contributed by atoms with E-state index in [9.17, 15) is 14.7 Å². The molecule has 0 unspecified atom stereocenters. The monoisotopic (exact) mass is 268 g/mol. The number of nitrogens with zero attached hydrogens (tertiary/aromatic N) is 2. The molecule has 2 heterocycles. The van der Waals surface area contributed by atoms with Crippen molar-refractivity contribution in [1.29, 1.82) is 0 Å². The van der Waals surface area contributed by atoms with E-state index in [1.165, 1.54) is 16.8 Å². The molecule has 104 valence electrons. The summed E-state index contributed by atoms with van der Waals surface area (Å²) in [6.07, 6.45) is 1.17. The minimum Gasteiger partial charge on any atom is -0.503 e. The second-order valence-corrected chi connectivity index (χ2v) is 4.42. The van der Waals surface area contributed by atoms with E-state index >= 15 is 0 Å². The highest BCUT2D eigenvalue weighted by Gasteiger charge is 2.15. The molecule has 0 aromatic carbocycles. The van der Waals surface area contributed by atoms with Gasteiger partial charge in [-0.05, 0) is 0 Å². The van der Waals surface area contributed by atoms with Crippen LogP contribution in [0.4, 0.5) is 0 Å². The van der Waals surface area contributed by atoms with Crippen molar-refractivity contribution in [2.24, 2.45) is 0 Å². The molecule has 0 atom stereocenters. The summed E-state index contributed by atoms with van der Waals surface area (Å²) >= 11 is 0. The Morgan fingerprint density at radius 3 is 2.68 bits per heavy atom. The number of hydrogen-bond acceptors (Lipinski definition) is 5. The van der Waals surface area contributed by atoms with Crippen molar-refractivity contribution in [3.8, 4) is 5.75 Å². The lowest BCUT2D eigenvalue weighted by atomic mass is 10.2. The van der Waals surface area contributed by atoms with Crippen LogP contribution in [0.25, 0.3) is 0 Å². The van der Waals surface area contributed by atoms with E-state index in [2.05, 4.69) is 4.90 Å². The number of aromatic hydroxyl groups is 1. The van der Waals surface area contributed by atoms with Gasteiger partial charge in [0, 0.05) is 31.4 Å². The average Bonchev–Trinajstić information content (AvgIpc) is 2.36. The van der Waals surface area contributed by atoms with E-state index < -0.39 is 17.1 Å². The highest BCUT2D eigenvalue weighted by molar-refractivity contribution is 5.66. The fourth-order valence-corrected chi connectivity index (χ4v) is 2.02. The summed E-state index contributed by atoms with van der Waals surface area (Å²) in [5.41, 5.74) is 0.0806. The Balaban J connectivity index is 2.23. The van der Waals surface area contributed by atoms with Gasteiger partial charge in [-0.15, -0.1) is 0 Å². The summed E-state index contributed by atoms with van der Waals surface area (Å²) in [5, 5.41) is 18.2. The molecule has 0 radical (unpaired) electrons. The lowest BCUT2D eigenvalue weighted by Gasteiger charge is -2.27. The maximum absolute atomic E-state index is 11.5. The molecule has 1 aliphatic heterocycles. The van der Waals surface area contributed by atoms with Crippen LogP contribution in [-0.2, 0) is 22.6 Å². The largest absolute Gasteiger partial charge is 0.503 e. The number of pyridine rings is 1. The third-order valence-corrected chi connectivity index (χ3v) is 2.99. The Morgan fingerprint density at radius 1 is 1.37 bits per heavy atom. The molecule has 0 bridgehead atoms. The third-order valence-electron chi connectivity index (χ3n) is 2.99. The van der Waals surface area contributed by atoms with Crippen molar-refractivity contribution in [2.45, 2.75) is 13.1 Å². The summed E-state index contributed by atoms with van der Waals surface area (Å²) in [5.74, 6) is -1.46. The Bertz CT molecular complexity index is 519. The van der Waals surface area contributed by atoms with Crippen molar-refractivity contribution in [3.05, 3.63) is 28.2 Å². The standard InChI is InChI=1S/C12H16N2O5/c15-10-5-9(6-13-1-3-19-4-2-13)14(7-11(10)16)8-12(17)18/h5,7,16H,1-4,6,8H2,(H,17,18). The maximum atomic E-state index is 11.5. The molecule has 1 aromatic rings. The minimum absolute atomic E-state index is 0.284. The Kier molecular flexibility index (Phi) is 4.18. The number of carboxylic acids is 1. The van der Waals surface area contributed by atoms with Gasteiger partial charge in [-0.3, -0.25) is 14.5 Å². The molecule has 0 spiro atoms. The number of aliphatic carboxylic acids is 1. The van der Waals surface area contributed by atoms with E-state index in [1.54, 1.807) is 0 Å². The van der Waals surface area contributed by atoms with Crippen molar-refractivity contribution < 1.29 is 19.7 Å². The fraction of sp³-hybridized carbons (Fsp3) is 0.500. The van der Waals surface area contributed by atoms with E-state index in [-0.39, 0.29) is 6.54 Å². The zero-order valence-electron chi connectivity index (χ0n) is 10.4. The first kappa shape index (κ1) is 13.6. The van der Waals surface area contributed by atoms with Gasteiger partial charge in [-0.2, -0.15) is 0 Å². The number of carboxylic acid groups (broad SMARTS) is 1. The average molecular weight is 268 g/mol. The van der Waals surface area contributed by atoms with Crippen molar-refractivity contribution >= 4 is 5.97 Å². The Hall–Kier alpha value is -1.86. The van der Waals surface area contributed by atoms with E-state index in [0.29, 0.717) is 25.5 Å². The normalized spacial score (nSPS) is 16.4. The molecule has 2 N–H and O–H groups in total. The summed E-state index contributed by atoms with van der Waals surface area (Å²) in [6.45, 7) is 2.91. The van der Waals surface area contributed by atoms with E-state index in [1.807, 2.05) is 0 Å². The highest BCUT2D eigenvalue weighted by atomic mass is 16.5. The van der Waals surface area contributed by atoms with Gasteiger partial charge >= 0.3 is 5.97 Å². The van der Waals surface area contributed by atoms with Crippen LogP contribution in [0.1, 0.15) is 5.69 Å². The smallest absolute Gasteiger partial charge is 0.323 e. The first-order valence-electron chi connectivity index (χ1n) is 6.00. The predicted octanol–water partition coefficient (Wildman–Crippen LogP) is -0.529. The predicted molar refractivity (Wildman–Crippen MR) is 66.1 cm³/mol. The number of hydrogen-bond donors (Lipinski definition) is 2. The van der Waals surface area contributed by atoms with Crippen LogP contribution in [0.5, 0.6) is 5.75 Å². The molecule has 2 rings (SSSR count). The number of carbonyl (C=O) groups is 1. The number of morpholine rings is 1. The molecule has 0 saturated carbocycles. The molecule has 0 aliphatic carbocycles. The van der Waals surface area contributed by atoms with Crippen LogP contribution in [0.3, 0.4) is 0 Å². The number of rotatable bonds is 4. The molecule has 1 aromatic heterocycles. The van der Waals surface area contributed by atoms with Gasteiger partial charge in [0.1, 0.15) is 6.54 Å². The van der Waals surface area contributed by atoms with Gasteiger partial charge in [0.15, 0.2) is 5.75 Å². The minimum atomic E-state index is -1.02. The molecule has 0 amide bonds. The van der Waals surface area contributed by atoms with Crippen LogP contribution in [-0.4, -0.2) is 52.0 Å². The topological polar surface area (TPSA) is 92.0 Å². The Morgan fingerprint density at radius 2 is 2.05 bits per heavy atom. The molecule has 7 heteroatoms. The van der Waals surface area contributed by atoms with Crippen molar-refractivity contribution in [1.82, 2.24) is 9.47 Å². The van der Waals surface area contributed by atoms with Crippen molar-refractivity contribution in [3.63, 3.8) is 0 Å². The van der Waals surface area contributed by atoms with Crippen LogP contribution in [0.15, 0.2) is 17.1 Å². The molecule has 7 nitrogen and oxygen atoms in total. The van der Waals surface area contributed by atoms with Crippen molar-refractivity contribution in [2.75, 3.05) is 26.3 Å². The second-order valence-electron chi connectivity index (χ2n) is 4.42. The van der Waals surface area contributed by atoms with Gasteiger partial charge in [-0.25, -0.2) is 0 Å². The summed E-state index contributed by atoms with van der Waals surface area (Å²) in [6, 6.07) is 1.29. The van der Waals surface area contributed by atoms with Gasteiger partial charge < -0.3 is 19.5 Å². The molecular weight excluding hydrogens is 252 g/mol. The van der Waals surface area contributed by atoms with E-state index in [0.717, 1.165) is 13.1 Å². The summed E-state index contributed by atoms with van der Waals surface area (Å²) in [7, 11) is 0. The molecular formula is C12H16N2O5. The van der Waals surface area contributed by atoms with E-state index in [4.69, 9.17) is 9.84 Å². The summed E-state index contributed by atoms with van der Waals surface area (Å²) < 4.78 is 6.61. The molecule has 1 aliphatic rings. The second kappa shape index (κ2) is 5.85. The SMILES string of the molecule is O=C(O)Cn1cc(O)c(=O)cc1CN1CCOCC1. The zero-order valence-corrected chi connectivity index (χ0v) is 10.4. The molecule has 19 heavy (non-hydrogen) atoms. The van der Waals surface area contributed by atoms with Gasteiger partial charge in [-0.1, -0.05) is 0 Å². The van der Waals surface area contributed by atoms with Crippen LogP contribution >= 0.6 is 0 Å². The highest BCUT2D eigenvalue weighted by Crippen LogP contribution is 2.09. The lowest BCUT2D eigenvalue weighted by molar-refractivity contribution is -0.137. The number of ether oxygens (including phenoxy) is 1. The van der Waals surface area contributed by atoms with Crippen LogP contribution in [0.2, 0.25) is 0 Å². The van der Waals surface area contributed by atoms with Crippen LogP contribution < -0.4 is 5.43 Å². The van der Waals surface area contributed by atoms with Gasteiger partial charge in [0.05, 0.1) is 19.4 Å². The van der Waals surface area contributed by atoms with Crippen LogP contribution in [0, 0.1) is 0 Å². The van der Waals surface area contributed by atoms with Gasteiger partial charge in [0.2, 0.25) is 5.43 Å². The maximum Gasteiger partial charge on any atom is 0.323 e. The Labute approximate surface area is 109 Å². The third kappa shape index (κ3) is 3.55. The molecule has 1 saturated heterocycles. The lowest BCUT2D eigenvalue weighted by Crippen LogP contribution is -2.37. The first-order valence-corrected chi connectivity index (χ1v) is 6.00. The van der Waals surface area contributed by atoms with Gasteiger partial charge in [0.25, 0.3) is 0 Å². The zero-order chi connectivity index (χ0) is 13.8. The first-order chi connectivity index (χ1) is 9.06. The quantitative estimate of drug-likeness (QED) is 0.762.